The molecule has 10 heteroatoms. The van der Waals surface area contributed by atoms with E-state index in [2.05, 4.69) is 10.3 Å². The van der Waals surface area contributed by atoms with E-state index in [1.807, 2.05) is 0 Å². The predicted octanol–water partition coefficient (Wildman–Crippen LogP) is 1.21. The molecule has 2 rings (SSSR count). The monoisotopic (exact) mass is 350 g/mol. The van der Waals surface area contributed by atoms with Gasteiger partial charge in [0, 0.05) is 11.6 Å². The summed E-state index contributed by atoms with van der Waals surface area (Å²) in [5, 5.41) is 39.5. The van der Waals surface area contributed by atoms with E-state index < -0.39 is 52.8 Å². The third-order valence-corrected chi connectivity index (χ3v) is 3.11. The van der Waals surface area contributed by atoms with Crippen LogP contribution in [-0.4, -0.2) is 43.3 Å². The van der Waals surface area contributed by atoms with Crippen LogP contribution in [0.4, 0.5) is 10.1 Å². The summed E-state index contributed by atoms with van der Waals surface area (Å²) in [6.07, 6.45) is 0.119. The number of hydrogen-bond donors (Lipinski definition) is 5. The number of benzene rings is 1. The largest absolute Gasteiger partial charge is 0.508 e. The maximum Gasteiger partial charge on any atom is 0.338 e. The summed E-state index contributed by atoms with van der Waals surface area (Å²) in [6.45, 7) is 0. The fourth-order valence-electron chi connectivity index (χ4n) is 2.04. The number of halogens is 1. The van der Waals surface area contributed by atoms with Gasteiger partial charge in [-0.2, -0.15) is 4.39 Å². The van der Waals surface area contributed by atoms with Crippen LogP contribution in [0.2, 0.25) is 0 Å². The number of aromatic nitrogens is 1. The van der Waals surface area contributed by atoms with Crippen molar-refractivity contribution in [2.24, 2.45) is 0 Å². The minimum absolute atomic E-state index is 0.215. The van der Waals surface area contributed by atoms with Crippen LogP contribution >= 0.6 is 0 Å². The van der Waals surface area contributed by atoms with Crippen molar-refractivity contribution in [2.75, 3.05) is 5.32 Å². The number of hydrogen-bond acceptors (Lipinski definition) is 6. The highest BCUT2D eigenvalue weighted by Gasteiger charge is 2.21. The number of amides is 1. The van der Waals surface area contributed by atoms with Gasteiger partial charge in [0.15, 0.2) is 0 Å². The molecule has 0 saturated heterocycles. The van der Waals surface area contributed by atoms with Crippen molar-refractivity contribution in [1.29, 1.82) is 0 Å². The fourth-order valence-corrected chi connectivity index (χ4v) is 2.04. The molecule has 0 bridgehead atoms. The van der Waals surface area contributed by atoms with Crippen molar-refractivity contribution < 1.29 is 39.2 Å². The Bertz CT molecular complexity index is 882. The van der Waals surface area contributed by atoms with Gasteiger partial charge in [-0.15, -0.1) is 0 Å². The van der Waals surface area contributed by atoms with Crippen LogP contribution in [0.1, 0.15) is 26.3 Å². The molecule has 5 N–H and O–H groups in total. The summed E-state index contributed by atoms with van der Waals surface area (Å²) in [5.41, 5.74) is -1.63. The number of aromatic carboxylic acids is 1. The van der Waals surface area contributed by atoms with Crippen LogP contribution in [0.3, 0.4) is 0 Å². The van der Waals surface area contributed by atoms with Gasteiger partial charge >= 0.3 is 11.9 Å². The normalized spacial score (nSPS) is 10.3. The Kier molecular flexibility index (Phi) is 4.82. The van der Waals surface area contributed by atoms with Crippen molar-refractivity contribution in [2.45, 2.75) is 6.42 Å². The van der Waals surface area contributed by atoms with Gasteiger partial charge in [-0.3, -0.25) is 9.59 Å². The Morgan fingerprint density at radius 1 is 1.08 bits per heavy atom. The quantitative estimate of drug-likeness (QED) is 0.398. The first kappa shape index (κ1) is 17.7. The molecule has 0 radical (unpaired) electrons. The van der Waals surface area contributed by atoms with Crippen molar-refractivity contribution >= 4 is 23.5 Å². The topological polar surface area (TPSA) is 157 Å². The maximum absolute atomic E-state index is 13.0. The van der Waals surface area contributed by atoms with Gasteiger partial charge in [-0.05, 0) is 12.1 Å². The summed E-state index contributed by atoms with van der Waals surface area (Å²) in [5.74, 6) is -6.11. The highest BCUT2D eigenvalue weighted by molar-refractivity contribution is 6.09. The van der Waals surface area contributed by atoms with E-state index in [1.165, 1.54) is 0 Å². The number of phenolic OH excluding ortho intramolecular Hbond substituents is 2. The Balaban J connectivity index is 2.41. The van der Waals surface area contributed by atoms with Gasteiger partial charge in [0.1, 0.15) is 11.5 Å². The molecule has 25 heavy (non-hydrogen) atoms. The van der Waals surface area contributed by atoms with E-state index in [1.54, 1.807) is 0 Å². The maximum atomic E-state index is 13.0. The average molecular weight is 350 g/mol. The molecule has 0 spiro atoms. The molecule has 0 atom stereocenters. The van der Waals surface area contributed by atoms with Gasteiger partial charge in [-0.1, -0.05) is 0 Å². The van der Waals surface area contributed by atoms with Crippen molar-refractivity contribution in [1.82, 2.24) is 4.98 Å². The first-order valence-electron chi connectivity index (χ1n) is 6.66. The Morgan fingerprint density at radius 2 is 1.76 bits per heavy atom. The zero-order chi connectivity index (χ0) is 18.7. The van der Waals surface area contributed by atoms with Gasteiger partial charge in [0.05, 0.1) is 29.4 Å². The summed E-state index contributed by atoms with van der Waals surface area (Å²) in [6, 6.07) is 2.44. The lowest BCUT2D eigenvalue weighted by molar-refractivity contribution is -0.136. The van der Waals surface area contributed by atoms with Crippen molar-refractivity contribution in [3.8, 4) is 11.5 Å². The van der Waals surface area contributed by atoms with Gasteiger partial charge in [0.25, 0.3) is 5.91 Å². The Morgan fingerprint density at radius 3 is 2.36 bits per heavy atom. The molecule has 0 fully saturated rings. The van der Waals surface area contributed by atoms with Crippen LogP contribution < -0.4 is 5.32 Å². The lowest BCUT2D eigenvalue weighted by atomic mass is 10.0. The third-order valence-electron chi connectivity index (χ3n) is 3.11. The van der Waals surface area contributed by atoms with Crippen LogP contribution in [-0.2, 0) is 11.2 Å². The van der Waals surface area contributed by atoms with E-state index >= 15 is 0 Å². The second-order valence-corrected chi connectivity index (χ2v) is 4.88. The number of carboxylic acids is 2. The number of rotatable bonds is 5. The van der Waals surface area contributed by atoms with E-state index in [-0.39, 0.29) is 11.3 Å². The van der Waals surface area contributed by atoms with Crippen LogP contribution in [0, 0.1) is 5.95 Å². The highest BCUT2D eigenvalue weighted by atomic mass is 19.1. The van der Waals surface area contributed by atoms with Gasteiger partial charge in [0.2, 0.25) is 5.95 Å². The number of anilines is 1. The van der Waals surface area contributed by atoms with E-state index in [0.29, 0.717) is 6.07 Å². The van der Waals surface area contributed by atoms with Gasteiger partial charge < -0.3 is 25.7 Å². The number of aromatic hydroxyl groups is 2. The Labute approximate surface area is 139 Å². The lowest BCUT2D eigenvalue weighted by Crippen LogP contribution is -2.16. The van der Waals surface area contributed by atoms with Crippen molar-refractivity contribution in [3.05, 3.63) is 47.0 Å². The molecule has 0 aliphatic heterocycles. The summed E-state index contributed by atoms with van der Waals surface area (Å²) >= 11 is 0. The predicted molar refractivity (Wildman–Crippen MR) is 80.2 cm³/mol. The smallest absolute Gasteiger partial charge is 0.338 e. The lowest BCUT2D eigenvalue weighted by Gasteiger charge is -2.11. The minimum atomic E-state index is -1.52. The number of carbonyl (C=O) groups excluding carboxylic acids is 1. The van der Waals surface area contributed by atoms with Crippen LogP contribution in [0.5, 0.6) is 11.5 Å². The second kappa shape index (κ2) is 6.83. The van der Waals surface area contributed by atoms with Crippen LogP contribution in [0.25, 0.3) is 0 Å². The molecule has 130 valence electrons. The molecular weight excluding hydrogens is 339 g/mol. The standard InChI is InChI=1S/C15H11FN2O7/c16-11-4-8(15(24)25)10(5-17-11)18-14(23)9-3-7(19)1-6(13(9)22)2-12(20)21/h1,3-5,19,22H,2H2,(H,18,23)(H,20,21)(H,24,25). The summed E-state index contributed by atoms with van der Waals surface area (Å²) in [4.78, 5) is 37.3. The number of phenols is 2. The molecule has 0 aliphatic rings. The van der Waals surface area contributed by atoms with Gasteiger partial charge in [-0.25, -0.2) is 9.78 Å². The fraction of sp³-hybridized carbons (Fsp3) is 0.0667. The molecule has 9 nitrogen and oxygen atoms in total. The molecule has 1 amide bonds. The average Bonchev–Trinajstić information content (AvgIpc) is 2.51. The summed E-state index contributed by atoms with van der Waals surface area (Å²) < 4.78 is 13.0. The SMILES string of the molecule is O=C(O)Cc1cc(O)cc(C(=O)Nc2cnc(F)cc2C(=O)O)c1O. The molecule has 0 aliphatic carbocycles. The zero-order valence-corrected chi connectivity index (χ0v) is 12.4. The first-order valence-corrected chi connectivity index (χ1v) is 6.66. The number of carbonyl (C=O) groups is 3. The molecule has 2 aromatic rings. The third kappa shape index (κ3) is 3.99. The molecule has 1 heterocycles. The number of nitrogens with zero attached hydrogens (tertiary/aromatic N) is 1. The number of pyridine rings is 1. The Hall–Kier alpha value is -3.69. The highest BCUT2D eigenvalue weighted by Crippen LogP contribution is 2.29. The first-order chi connectivity index (χ1) is 11.7. The minimum Gasteiger partial charge on any atom is -0.508 e. The number of nitrogens with one attached hydrogen (secondary N) is 1. The molecule has 1 aromatic carbocycles. The van der Waals surface area contributed by atoms with Crippen LogP contribution in [0.15, 0.2) is 24.4 Å². The number of carboxylic acid groups (broad SMARTS) is 2. The van der Waals surface area contributed by atoms with E-state index in [9.17, 15) is 29.0 Å². The zero-order valence-electron chi connectivity index (χ0n) is 12.4. The second-order valence-electron chi connectivity index (χ2n) is 4.88. The molecule has 0 unspecified atom stereocenters. The van der Waals surface area contributed by atoms with Crippen molar-refractivity contribution in [3.63, 3.8) is 0 Å². The summed E-state index contributed by atoms with van der Waals surface area (Å²) in [7, 11) is 0. The molecule has 0 saturated carbocycles. The van der Waals surface area contributed by atoms with E-state index in [0.717, 1.165) is 18.3 Å². The molecule has 1 aromatic heterocycles. The van der Waals surface area contributed by atoms with E-state index in [4.69, 9.17) is 10.2 Å². The molecular formula is C15H11FN2O7. The number of aliphatic carboxylic acids is 1.